The molecule has 0 aliphatic carbocycles. The number of aromatic nitrogens is 2. The fraction of sp³-hybridized carbons (Fsp3) is 0.118. The van der Waals surface area contributed by atoms with Crippen LogP contribution in [0.15, 0.2) is 46.8 Å². The predicted octanol–water partition coefficient (Wildman–Crippen LogP) is 4.88. The molecule has 0 bridgehead atoms. The van der Waals surface area contributed by atoms with E-state index in [1.54, 1.807) is 0 Å². The van der Waals surface area contributed by atoms with Crippen LogP contribution in [0.2, 0.25) is 5.02 Å². The molecule has 11 heteroatoms. The van der Waals surface area contributed by atoms with Crippen molar-refractivity contribution < 1.29 is 9.72 Å². The summed E-state index contributed by atoms with van der Waals surface area (Å²) in [4.78, 5) is 22.4. The minimum absolute atomic E-state index is 0.0676. The second kappa shape index (κ2) is 9.00. The number of nitrogens with one attached hydrogen (secondary N) is 2. The van der Waals surface area contributed by atoms with Gasteiger partial charge in [-0.3, -0.25) is 14.9 Å². The van der Waals surface area contributed by atoms with Crippen molar-refractivity contribution in [2.24, 2.45) is 0 Å². The van der Waals surface area contributed by atoms with Gasteiger partial charge < -0.3 is 10.6 Å². The maximum Gasteiger partial charge on any atom is 0.271 e. The molecule has 144 valence electrons. The maximum absolute atomic E-state index is 12.1. The Morgan fingerprint density at radius 2 is 2.11 bits per heavy atom. The molecule has 0 radical (unpaired) electrons. The molecule has 3 aromatic rings. The number of carbonyl (C=O) groups is 1. The van der Waals surface area contributed by atoms with Crippen LogP contribution in [-0.4, -0.2) is 26.8 Å². The van der Waals surface area contributed by atoms with Crippen molar-refractivity contribution in [3.8, 4) is 0 Å². The summed E-state index contributed by atoms with van der Waals surface area (Å²) in [5.41, 5.74) is 2.08. The molecule has 1 heterocycles. The van der Waals surface area contributed by atoms with E-state index in [0.717, 1.165) is 11.3 Å². The van der Waals surface area contributed by atoms with Gasteiger partial charge in [-0.2, -0.15) is 0 Å². The zero-order valence-corrected chi connectivity index (χ0v) is 16.9. The normalized spacial score (nSPS) is 10.5. The summed E-state index contributed by atoms with van der Waals surface area (Å²) in [6, 6.07) is 11.7. The van der Waals surface area contributed by atoms with E-state index in [-0.39, 0.29) is 28.1 Å². The molecular weight excluding hydrogens is 422 g/mol. The maximum atomic E-state index is 12.1. The molecule has 0 aliphatic heterocycles. The van der Waals surface area contributed by atoms with E-state index >= 15 is 0 Å². The molecule has 3 rings (SSSR count). The van der Waals surface area contributed by atoms with Crippen molar-refractivity contribution in [3.05, 3.63) is 63.2 Å². The monoisotopic (exact) mass is 435 g/mol. The zero-order chi connectivity index (χ0) is 20.1. The Morgan fingerprint density at radius 3 is 2.86 bits per heavy atom. The Balaban J connectivity index is 1.56. The van der Waals surface area contributed by atoms with Crippen LogP contribution >= 0.6 is 34.7 Å². The first kappa shape index (κ1) is 20.1. The summed E-state index contributed by atoms with van der Waals surface area (Å²) >= 11 is 8.52. The topological polar surface area (TPSA) is 110 Å². The Morgan fingerprint density at radius 1 is 1.29 bits per heavy atom. The van der Waals surface area contributed by atoms with Crippen LogP contribution in [0.3, 0.4) is 0 Å². The smallest absolute Gasteiger partial charge is 0.271 e. The van der Waals surface area contributed by atoms with Crippen molar-refractivity contribution in [2.45, 2.75) is 11.3 Å². The van der Waals surface area contributed by atoms with E-state index in [1.165, 1.54) is 41.3 Å². The lowest BCUT2D eigenvalue weighted by Gasteiger charge is -2.06. The van der Waals surface area contributed by atoms with Crippen molar-refractivity contribution in [1.29, 1.82) is 0 Å². The van der Waals surface area contributed by atoms with Gasteiger partial charge in [-0.25, -0.2) is 0 Å². The summed E-state index contributed by atoms with van der Waals surface area (Å²) in [6.07, 6.45) is 0. The number of aryl methyl sites for hydroxylation is 1. The molecule has 28 heavy (non-hydrogen) atoms. The summed E-state index contributed by atoms with van der Waals surface area (Å²) < 4.78 is 0.621. The lowest BCUT2D eigenvalue weighted by Crippen LogP contribution is -2.14. The van der Waals surface area contributed by atoms with E-state index in [0.29, 0.717) is 9.47 Å². The van der Waals surface area contributed by atoms with Gasteiger partial charge in [0.1, 0.15) is 0 Å². The Hall–Kier alpha value is -2.69. The number of amides is 1. The molecule has 0 fully saturated rings. The fourth-order valence-electron chi connectivity index (χ4n) is 2.20. The first-order chi connectivity index (χ1) is 13.4. The fourth-order valence-corrected chi connectivity index (χ4v) is 3.94. The van der Waals surface area contributed by atoms with Gasteiger partial charge in [-0.15, -0.1) is 10.2 Å². The number of nitrogens with zero attached hydrogens (tertiary/aromatic N) is 3. The highest BCUT2D eigenvalue weighted by Crippen LogP contribution is 2.29. The quantitative estimate of drug-likeness (QED) is 0.309. The van der Waals surface area contributed by atoms with Crippen LogP contribution in [0.4, 0.5) is 22.2 Å². The van der Waals surface area contributed by atoms with Crippen LogP contribution in [0.25, 0.3) is 0 Å². The van der Waals surface area contributed by atoms with Crippen LogP contribution in [0.5, 0.6) is 0 Å². The van der Waals surface area contributed by atoms with E-state index in [2.05, 4.69) is 20.8 Å². The minimum Gasteiger partial charge on any atom is -0.330 e. The van der Waals surface area contributed by atoms with E-state index < -0.39 is 4.92 Å². The van der Waals surface area contributed by atoms with Gasteiger partial charge in [0.25, 0.3) is 5.69 Å². The lowest BCUT2D eigenvalue weighted by molar-refractivity contribution is -0.384. The van der Waals surface area contributed by atoms with Gasteiger partial charge in [0, 0.05) is 17.8 Å². The summed E-state index contributed by atoms with van der Waals surface area (Å²) in [5, 5.41) is 25.5. The number of non-ortho nitro benzene ring substituents is 1. The van der Waals surface area contributed by atoms with Gasteiger partial charge >= 0.3 is 0 Å². The van der Waals surface area contributed by atoms with Crippen molar-refractivity contribution in [1.82, 2.24) is 10.2 Å². The number of carbonyl (C=O) groups excluding carboxylic acids is 1. The SMILES string of the molecule is Cc1cccc(Nc2nnc(SCC(=O)Nc3cc([N+](=O)[O-])ccc3Cl)s2)c1. The largest absolute Gasteiger partial charge is 0.330 e. The van der Waals surface area contributed by atoms with Crippen LogP contribution < -0.4 is 10.6 Å². The molecule has 2 aromatic carbocycles. The molecule has 0 aliphatic rings. The number of anilines is 3. The van der Waals surface area contributed by atoms with E-state index in [4.69, 9.17) is 11.6 Å². The van der Waals surface area contributed by atoms with Gasteiger partial charge in [0.05, 0.1) is 21.4 Å². The third-order valence-electron chi connectivity index (χ3n) is 3.44. The van der Waals surface area contributed by atoms with E-state index in [9.17, 15) is 14.9 Å². The average Bonchev–Trinajstić information content (AvgIpc) is 3.09. The molecule has 0 saturated carbocycles. The first-order valence-corrected chi connectivity index (χ1v) is 10.1. The van der Waals surface area contributed by atoms with Crippen LogP contribution in [0.1, 0.15) is 5.56 Å². The second-order valence-corrected chi connectivity index (χ2v) is 8.23. The van der Waals surface area contributed by atoms with Gasteiger partial charge in [0.15, 0.2) is 4.34 Å². The summed E-state index contributed by atoms with van der Waals surface area (Å²) in [6.45, 7) is 2.00. The molecule has 0 unspecified atom stereocenters. The number of hydrogen-bond donors (Lipinski definition) is 2. The first-order valence-electron chi connectivity index (χ1n) is 7.94. The molecule has 1 aromatic heterocycles. The Labute approximate surface area is 173 Å². The number of rotatable bonds is 7. The number of hydrogen-bond acceptors (Lipinski definition) is 8. The van der Waals surface area contributed by atoms with Crippen LogP contribution in [0, 0.1) is 17.0 Å². The molecule has 0 atom stereocenters. The minimum atomic E-state index is -0.551. The molecule has 0 saturated heterocycles. The van der Waals surface area contributed by atoms with Gasteiger partial charge in [-0.05, 0) is 30.7 Å². The average molecular weight is 436 g/mol. The number of nitro benzene ring substituents is 1. The van der Waals surface area contributed by atoms with Crippen molar-refractivity contribution in [3.63, 3.8) is 0 Å². The molecule has 2 N–H and O–H groups in total. The third-order valence-corrected chi connectivity index (χ3v) is 5.74. The Bertz CT molecular complexity index is 1030. The second-order valence-electron chi connectivity index (χ2n) is 5.63. The van der Waals surface area contributed by atoms with E-state index in [1.807, 2.05) is 31.2 Å². The highest BCUT2D eigenvalue weighted by atomic mass is 35.5. The predicted molar refractivity (Wildman–Crippen MR) is 112 cm³/mol. The van der Waals surface area contributed by atoms with Gasteiger partial charge in [-0.1, -0.05) is 46.8 Å². The van der Waals surface area contributed by atoms with Crippen LogP contribution in [-0.2, 0) is 4.79 Å². The number of thioether (sulfide) groups is 1. The molecular formula is C17H14ClN5O3S2. The number of nitro groups is 1. The summed E-state index contributed by atoms with van der Waals surface area (Å²) in [7, 11) is 0. The third kappa shape index (κ3) is 5.41. The van der Waals surface area contributed by atoms with Gasteiger partial charge in [0.2, 0.25) is 11.0 Å². The molecule has 8 nitrogen and oxygen atoms in total. The van der Waals surface area contributed by atoms with Crippen molar-refractivity contribution in [2.75, 3.05) is 16.4 Å². The Kier molecular flexibility index (Phi) is 6.45. The number of halogens is 1. The van der Waals surface area contributed by atoms with Crippen molar-refractivity contribution >= 4 is 62.8 Å². The highest BCUT2D eigenvalue weighted by Gasteiger charge is 2.13. The zero-order valence-electron chi connectivity index (χ0n) is 14.5. The molecule has 0 spiro atoms. The molecule has 1 amide bonds. The number of benzene rings is 2. The summed E-state index contributed by atoms with van der Waals surface area (Å²) in [5.74, 6) is -0.284. The lowest BCUT2D eigenvalue weighted by atomic mass is 10.2. The standard InChI is InChI=1S/C17H14ClN5O3S2/c1-10-3-2-4-11(7-10)19-16-21-22-17(28-16)27-9-15(24)20-14-8-12(23(25)26)5-6-13(14)18/h2-8H,9H2,1H3,(H,19,21)(H,20,24). The highest BCUT2D eigenvalue weighted by molar-refractivity contribution is 8.01.